The molecular weight excluding hydrogens is 345 g/mol. The Morgan fingerprint density at radius 3 is 2.21 bits per heavy atom. The smallest absolute Gasteiger partial charge is 0.257 e. The van der Waals surface area contributed by atoms with Crippen molar-refractivity contribution in [2.24, 2.45) is 0 Å². The maximum atomic E-state index is 12.3. The summed E-state index contributed by atoms with van der Waals surface area (Å²) in [6.45, 7) is 0. The molecule has 24 heavy (non-hydrogen) atoms. The number of rotatable bonds is 4. The van der Waals surface area contributed by atoms with Crippen LogP contribution in [-0.4, -0.2) is 10.9 Å². The van der Waals surface area contributed by atoms with E-state index in [1.54, 1.807) is 30.3 Å². The predicted molar refractivity (Wildman–Crippen MR) is 98.4 cm³/mol. The van der Waals surface area contributed by atoms with E-state index in [1.807, 2.05) is 30.3 Å². The van der Waals surface area contributed by atoms with Gasteiger partial charge in [0.05, 0.1) is 21.3 Å². The maximum absolute atomic E-state index is 12.3. The maximum Gasteiger partial charge on any atom is 0.257 e. The van der Waals surface area contributed by atoms with Gasteiger partial charge in [-0.25, -0.2) is 4.98 Å². The van der Waals surface area contributed by atoms with Crippen molar-refractivity contribution < 1.29 is 4.79 Å². The lowest BCUT2D eigenvalue weighted by Crippen LogP contribution is -2.13. The minimum Gasteiger partial charge on any atom is -0.340 e. The molecule has 0 aliphatic heterocycles. The van der Waals surface area contributed by atoms with Gasteiger partial charge in [-0.05, 0) is 36.4 Å². The summed E-state index contributed by atoms with van der Waals surface area (Å²) in [6.07, 6.45) is 1.49. The Labute approximate surface area is 149 Å². The number of hydrogen-bond donors (Lipinski definition) is 2. The number of hydrogen-bond acceptors (Lipinski definition) is 3. The van der Waals surface area contributed by atoms with Crippen LogP contribution in [0.1, 0.15) is 10.4 Å². The summed E-state index contributed by atoms with van der Waals surface area (Å²) in [4.78, 5) is 16.5. The third-order valence-electron chi connectivity index (χ3n) is 3.27. The molecule has 120 valence electrons. The highest BCUT2D eigenvalue weighted by atomic mass is 35.5. The number of nitrogens with one attached hydrogen (secondary N) is 2. The number of halogens is 2. The van der Waals surface area contributed by atoms with E-state index in [0.717, 1.165) is 5.69 Å². The molecule has 0 fully saturated rings. The molecular formula is C18H13Cl2N3O. The molecule has 2 N–H and O–H groups in total. The Kier molecular flexibility index (Phi) is 4.99. The van der Waals surface area contributed by atoms with E-state index < -0.39 is 0 Å². The first-order chi connectivity index (χ1) is 11.6. The fraction of sp³-hybridized carbons (Fsp3) is 0. The van der Waals surface area contributed by atoms with Gasteiger partial charge in [-0.15, -0.1) is 0 Å². The van der Waals surface area contributed by atoms with Crippen molar-refractivity contribution in [1.29, 1.82) is 0 Å². The van der Waals surface area contributed by atoms with Crippen molar-refractivity contribution in [3.63, 3.8) is 0 Å². The molecule has 0 atom stereocenters. The van der Waals surface area contributed by atoms with E-state index in [2.05, 4.69) is 15.6 Å². The van der Waals surface area contributed by atoms with Gasteiger partial charge in [-0.1, -0.05) is 47.5 Å². The van der Waals surface area contributed by atoms with Crippen LogP contribution in [0, 0.1) is 0 Å². The van der Waals surface area contributed by atoms with Crippen molar-refractivity contribution in [2.75, 3.05) is 10.6 Å². The molecule has 4 nitrogen and oxygen atoms in total. The van der Waals surface area contributed by atoms with Crippen LogP contribution in [0.3, 0.4) is 0 Å². The number of carbonyl (C=O) groups is 1. The first-order valence-electron chi connectivity index (χ1n) is 7.17. The van der Waals surface area contributed by atoms with Crippen molar-refractivity contribution in [3.05, 3.63) is 82.5 Å². The fourth-order valence-electron chi connectivity index (χ4n) is 2.07. The lowest BCUT2D eigenvalue weighted by atomic mass is 10.2. The second kappa shape index (κ2) is 7.34. The van der Waals surface area contributed by atoms with Crippen LogP contribution in [0.2, 0.25) is 10.0 Å². The van der Waals surface area contributed by atoms with Gasteiger partial charge in [0.1, 0.15) is 5.82 Å². The number of anilines is 3. The Balaban J connectivity index is 1.72. The van der Waals surface area contributed by atoms with Gasteiger partial charge in [-0.2, -0.15) is 0 Å². The molecule has 3 aromatic rings. The Bertz CT molecular complexity index is 832. The molecule has 0 aliphatic rings. The summed E-state index contributed by atoms with van der Waals surface area (Å²) in [5.41, 5.74) is 1.71. The van der Waals surface area contributed by atoms with E-state index in [0.29, 0.717) is 27.1 Å². The van der Waals surface area contributed by atoms with Crippen molar-refractivity contribution >= 4 is 46.3 Å². The van der Waals surface area contributed by atoms with Gasteiger partial charge >= 0.3 is 0 Å². The molecule has 0 unspecified atom stereocenters. The molecule has 1 aromatic heterocycles. The minimum absolute atomic E-state index is 0.330. The molecule has 0 spiro atoms. The summed E-state index contributed by atoms with van der Waals surface area (Å²) in [6, 6.07) is 18.1. The van der Waals surface area contributed by atoms with Crippen molar-refractivity contribution in [2.45, 2.75) is 0 Å². The number of carbonyl (C=O) groups excluding carboxylic acids is 1. The second-order valence-electron chi connectivity index (χ2n) is 4.97. The Hall–Kier alpha value is -2.56. The molecule has 2 aromatic carbocycles. The van der Waals surface area contributed by atoms with Crippen LogP contribution in [0.25, 0.3) is 0 Å². The van der Waals surface area contributed by atoms with E-state index in [1.165, 1.54) is 6.20 Å². The van der Waals surface area contributed by atoms with Gasteiger partial charge in [0, 0.05) is 11.9 Å². The normalized spacial score (nSPS) is 10.2. The highest BCUT2D eigenvalue weighted by Gasteiger charge is 2.11. The van der Waals surface area contributed by atoms with Crippen LogP contribution in [0.4, 0.5) is 17.2 Å². The summed E-state index contributed by atoms with van der Waals surface area (Å²) in [5, 5.41) is 6.62. The second-order valence-corrected chi connectivity index (χ2v) is 5.79. The molecule has 0 saturated carbocycles. The van der Waals surface area contributed by atoms with E-state index in [9.17, 15) is 4.79 Å². The molecule has 6 heteroatoms. The minimum atomic E-state index is -0.330. The van der Waals surface area contributed by atoms with E-state index in [4.69, 9.17) is 23.2 Å². The number of amides is 1. The Morgan fingerprint density at radius 2 is 1.58 bits per heavy atom. The molecule has 1 heterocycles. The van der Waals surface area contributed by atoms with Gasteiger partial charge in [0.2, 0.25) is 0 Å². The first kappa shape index (κ1) is 16.3. The first-order valence-corrected chi connectivity index (χ1v) is 7.92. The highest BCUT2D eigenvalue weighted by Crippen LogP contribution is 2.30. The van der Waals surface area contributed by atoms with Crippen molar-refractivity contribution in [3.8, 4) is 0 Å². The monoisotopic (exact) mass is 357 g/mol. The lowest BCUT2D eigenvalue weighted by Gasteiger charge is -2.10. The number of nitrogens with zero attached hydrogens (tertiary/aromatic N) is 1. The van der Waals surface area contributed by atoms with Crippen LogP contribution in [0.5, 0.6) is 0 Å². The van der Waals surface area contributed by atoms with Gasteiger partial charge in [0.15, 0.2) is 0 Å². The molecule has 3 rings (SSSR count). The molecule has 0 aliphatic carbocycles. The SMILES string of the molecule is O=C(Nc1c(Cl)cccc1Cl)c1ccc(Nc2ccccc2)nc1. The number of para-hydroxylation sites is 2. The molecule has 0 radical (unpaired) electrons. The van der Waals surface area contributed by atoms with Crippen LogP contribution in [0.15, 0.2) is 66.9 Å². The van der Waals surface area contributed by atoms with Gasteiger partial charge < -0.3 is 10.6 Å². The van der Waals surface area contributed by atoms with Crippen LogP contribution in [-0.2, 0) is 0 Å². The number of pyridine rings is 1. The van der Waals surface area contributed by atoms with Crippen LogP contribution < -0.4 is 10.6 Å². The van der Waals surface area contributed by atoms with Gasteiger partial charge in [-0.3, -0.25) is 4.79 Å². The summed E-state index contributed by atoms with van der Waals surface area (Å²) < 4.78 is 0. The lowest BCUT2D eigenvalue weighted by molar-refractivity contribution is 0.102. The van der Waals surface area contributed by atoms with Gasteiger partial charge in [0.25, 0.3) is 5.91 Å². The standard InChI is InChI=1S/C18H13Cl2N3O/c19-14-7-4-8-15(20)17(14)23-18(24)12-9-10-16(21-11-12)22-13-5-2-1-3-6-13/h1-11H,(H,21,22)(H,23,24). The summed E-state index contributed by atoms with van der Waals surface area (Å²) in [7, 11) is 0. The fourth-order valence-corrected chi connectivity index (χ4v) is 2.57. The van der Waals surface area contributed by atoms with Crippen LogP contribution >= 0.6 is 23.2 Å². The van der Waals surface area contributed by atoms with Crippen molar-refractivity contribution in [1.82, 2.24) is 4.98 Å². The largest absolute Gasteiger partial charge is 0.340 e. The zero-order valence-corrected chi connectivity index (χ0v) is 14.0. The molecule has 1 amide bonds. The quantitative estimate of drug-likeness (QED) is 0.658. The zero-order chi connectivity index (χ0) is 16.9. The Morgan fingerprint density at radius 1 is 0.875 bits per heavy atom. The topological polar surface area (TPSA) is 54.0 Å². The van der Waals surface area contributed by atoms with E-state index >= 15 is 0 Å². The number of benzene rings is 2. The third kappa shape index (κ3) is 3.85. The highest BCUT2D eigenvalue weighted by molar-refractivity contribution is 6.40. The summed E-state index contributed by atoms with van der Waals surface area (Å²) >= 11 is 12.1. The third-order valence-corrected chi connectivity index (χ3v) is 3.90. The summed E-state index contributed by atoms with van der Waals surface area (Å²) in [5.74, 6) is 0.317. The molecule has 0 bridgehead atoms. The zero-order valence-electron chi connectivity index (χ0n) is 12.5. The van der Waals surface area contributed by atoms with E-state index in [-0.39, 0.29) is 5.91 Å². The average Bonchev–Trinajstić information content (AvgIpc) is 2.60. The average molecular weight is 358 g/mol. The number of aromatic nitrogens is 1. The molecule has 0 saturated heterocycles. The predicted octanol–water partition coefficient (Wildman–Crippen LogP) is 5.38.